The zero-order valence-corrected chi connectivity index (χ0v) is 17.4. The van der Waals surface area contributed by atoms with Crippen LogP contribution >= 0.6 is 0 Å². The molecule has 2 aromatic heterocycles. The van der Waals surface area contributed by atoms with Crippen molar-refractivity contribution in [2.45, 2.75) is 26.9 Å². The first-order chi connectivity index (χ1) is 15.1. The molecule has 0 radical (unpaired) electrons. The Bertz CT molecular complexity index is 1080. The van der Waals surface area contributed by atoms with Crippen LogP contribution in [-0.2, 0) is 23.3 Å². The van der Waals surface area contributed by atoms with Crippen LogP contribution in [-0.4, -0.2) is 42.7 Å². The van der Waals surface area contributed by atoms with Crippen molar-refractivity contribution in [2.24, 2.45) is 17.4 Å². The Morgan fingerprint density at radius 2 is 1.94 bits per heavy atom. The van der Waals surface area contributed by atoms with Gasteiger partial charge in [-0.2, -0.15) is 0 Å². The Hall–Kier alpha value is -4.15. The van der Waals surface area contributed by atoms with Crippen molar-refractivity contribution in [3.63, 3.8) is 0 Å². The van der Waals surface area contributed by atoms with Gasteiger partial charge in [-0.3, -0.25) is 10.2 Å². The lowest BCUT2D eigenvalue weighted by Gasteiger charge is -2.07. The lowest BCUT2D eigenvalue weighted by Crippen LogP contribution is -2.13. The van der Waals surface area contributed by atoms with Gasteiger partial charge in [0.05, 0.1) is 11.4 Å². The average molecular weight is 422 g/mol. The van der Waals surface area contributed by atoms with Gasteiger partial charge >= 0.3 is 6.09 Å². The van der Waals surface area contributed by atoms with Crippen molar-refractivity contribution in [3.05, 3.63) is 65.6 Å². The Balaban J connectivity index is 1.68. The van der Waals surface area contributed by atoms with Gasteiger partial charge in [0, 0.05) is 12.6 Å². The SMILES string of the molecule is CCC(C)=NOC(=O)Nc1cccc(CON=C(c2ccccc2)c2nnnn2C)n1. The van der Waals surface area contributed by atoms with Gasteiger partial charge in [-0.15, -0.1) is 5.10 Å². The molecule has 1 N–H and O–H groups in total. The molecule has 31 heavy (non-hydrogen) atoms. The molecule has 0 aliphatic rings. The lowest BCUT2D eigenvalue weighted by molar-refractivity contribution is 0.128. The first-order valence-electron chi connectivity index (χ1n) is 9.52. The van der Waals surface area contributed by atoms with E-state index in [2.05, 4.69) is 36.1 Å². The number of hydrogen-bond acceptors (Lipinski definition) is 9. The van der Waals surface area contributed by atoms with E-state index < -0.39 is 6.09 Å². The molecule has 0 saturated heterocycles. The Kier molecular flexibility index (Phi) is 7.35. The molecule has 3 aromatic rings. The zero-order chi connectivity index (χ0) is 22.1. The van der Waals surface area contributed by atoms with E-state index in [0.717, 1.165) is 5.56 Å². The molecule has 2 heterocycles. The number of amides is 1. The molecule has 1 aromatic carbocycles. The fraction of sp³-hybridized carbons (Fsp3) is 0.250. The summed E-state index contributed by atoms with van der Waals surface area (Å²) in [5, 5.41) is 22.0. The van der Waals surface area contributed by atoms with Gasteiger partial charge in [0.1, 0.15) is 5.82 Å². The van der Waals surface area contributed by atoms with Crippen LogP contribution in [0.2, 0.25) is 0 Å². The molecule has 3 rings (SSSR count). The molecule has 11 heteroatoms. The summed E-state index contributed by atoms with van der Waals surface area (Å²) in [6, 6.07) is 14.5. The molecule has 11 nitrogen and oxygen atoms in total. The summed E-state index contributed by atoms with van der Waals surface area (Å²) in [6.07, 6.45) is -0.0358. The van der Waals surface area contributed by atoms with Gasteiger partial charge in [0.2, 0.25) is 5.82 Å². The molecule has 0 aliphatic heterocycles. The van der Waals surface area contributed by atoms with Crippen LogP contribution in [0.15, 0.2) is 58.8 Å². The smallest absolute Gasteiger partial charge is 0.389 e. The quantitative estimate of drug-likeness (QED) is 0.336. The first-order valence-corrected chi connectivity index (χ1v) is 9.52. The number of carbonyl (C=O) groups excluding carboxylic acids is 1. The predicted octanol–water partition coefficient (Wildman–Crippen LogP) is 2.91. The lowest BCUT2D eigenvalue weighted by atomic mass is 10.1. The minimum atomic E-state index is -0.725. The molecule has 1 amide bonds. The number of rotatable bonds is 8. The monoisotopic (exact) mass is 422 g/mol. The number of nitrogens with zero attached hydrogens (tertiary/aromatic N) is 7. The summed E-state index contributed by atoms with van der Waals surface area (Å²) in [5.41, 5.74) is 2.54. The van der Waals surface area contributed by atoms with E-state index in [1.165, 1.54) is 4.68 Å². The Morgan fingerprint density at radius 3 is 2.65 bits per heavy atom. The van der Waals surface area contributed by atoms with Gasteiger partial charge in [-0.25, -0.2) is 14.5 Å². The molecule has 0 bridgehead atoms. The molecule has 160 valence electrons. The minimum Gasteiger partial charge on any atom is -0.389 e. The topological polar surface area (TPSA) is 129 Å². The number of pyridine rings is 1. The van der Waals surface area contributed by atoms with Crippen LogP contribution in [0.5, 0.6) is 0 Å². The van der Waals surface area contributed by atoms with Crippen molar-refractivity contribution in [1.82, 2.24) is 25.2 Å². The van der Waals surface area contributed by atoms with Gasteiger partial charge in [0.25, 0.3) is 0 Å². The summed E-state index contributed by atoms with van der Waals surface area (Å²) in [5.74, 6) is 0.764. The molecule has 0 aliphatic carbocycles. The van der Waals surface area contributed by atoms with Crippen molar-refractivity contribution in [2.75, 3.05) is 5.32 Å². The number of oxime groups is 2. The summed E-state index contributed by atoms with van der Waals surface area (Å²) in [6.45, 7) is 3.75. The largest absolute Gasteiger partial charge is 0.439 e. The van der Waals surface area contributed by atoms with Crippen molar-refractivity contribution in [1.29, 1.82) is 0 Å². The second kappa shape index (κ2) is 10.6. The number of benzene rings is 1. The van der Waals surface area contributed by atoms with E-state index in [1.54, 1.807) is 32.2 Å². The number of tetrazole rings is 1. The van der Waals surface area contributed by atoms with Crippen molar-refractivity contribution < 1.29 is 14.5 Å². The number of hydrogen-bond donors (Lipinski definition) is 1. The van der Waals surface area contributed by atoms with E-state index in [0.29, 0.717) is 35.2 Å². The van der Waals surface area contributed by atoms with E-state index in [1.807, 2.05) is 37.3 Å². The number of nitrogens with one attached hydrogen (secondary N) is 1. The first kappa shape index (κ1) is 21.6. The van der Waals surface area contributed by atoms with Crippen LogP contribution in [0.4, 0.5) is 10.6 Å². The van der Waals surface area contributed by atoms with Gasteiger partial charge in [0.15, 0.2) is 12.3 Å². The maximum Gasteiger partial charge on any atom is 0.439 e. The maximum atomic E-state index is 11.8. The van der Waals surface area contributed by atoms with Crippen molar-refractivity contribution in [3.8, 4) is 0 Å². The highest BCUT2D eigenvalue weighted by atomic mass is 16.7. The van der Waals surface area contributed by atoms with Crippen molar-refractivity contribution >= 4 is 23.3 Å². The Labute approximate surface area is 178 Å². The molecular weight excluding hydrogens is 400 g/mol. The van der Waals surface area contributed by atoms with E-state index >= 15 is 0 Å². The number of carbonyl (C=O) groups is 1. The Morgan fingerprint density at radius 1 is 1.13 bits per heavy atom. The molecule has 0 saturated carbocycles. The average Bonchev–Trinajstić information content (AvgIpc) is 3.21. The standard InChI is InChI=1S/C20H22N8O3/c1-4-14(2)24-31-20(29)22-17-12-8-11-16(21-17)13-30-25-18(15-9-6-5-7-10-15)19-23-26-27-28(19)3/h5-12H,4,13H2,1-3H3,(H,21,22,29). The second-order valence-corrected chi connectivity index (χ2v) is 6.40. The summed E-state index contributed by atoms with van der Waals surface area (Å²) < 4.78 is 1.51. The molecule has 0 fully saturated rings. The van der Waals surface area contributed by atoms with E-state index in [9.17, 15) is 4.79 Å². The zero-order valence-electron chi connectivity index (χ0n) is 17.4. The number of aromatic nitrogens is 5. The predicted molar refractivity (Wildman–Crippen MR) is 113 cm³/mol. The highest BCUT2D eigenvalue weighted by Gasteiger charge is 2.15. The molecule has 0 unspecified atom stereocenters. The fourth-order valence-corrected chi connectivity index (χ4v) is 2.35. The summed E-state index contributed by atoms with van der Waals surface area (Å²) in [4.78, 5) is 26.4. The number of anilines is 1. The third kappa shape index (κ3) is 6.16. The highest BCUT2D eigenvalue weighted by Crippen LogP contribution is 2.10. The highest BCUT2D eigenvalue weighted by molar-refractivity contribution is 6.10. The summed E-state index contributed by atoms with van der Waals surface area (Å²) >= 11 is 0. The third-order valence-electron chi connectivity index (χ3n) is 4.08. The van der Waals surface area contributed by atoms with Gasteiger partial charge in [-0.05, 0) is 35.9 Å². The van der Waals surface area contributed by atoms with E-state index in [-0.39, 0.29) is 6.61 Å². The van der Waals surface area contributed by atoms with Crippen LogP contribution in [0.25, 0.3) is 0 Å². The van der Waals surface area contributed by atoms with Gasteiger partial charge in [-0.1, -0.05) is 53.6 Å². The second-order valence-electron chi connectivity index (χ2n) is 6.40. The molecule has 0 spiro atoms. The fourth-order valence-electron chi connectivity index (χ4n) is 2.35. The minimum absolute atomic E-state index is 0.0687. The van der Waals surface area contributed by atoms with Gasteiger partial charge < -0.3 is 4.84 Å². The number of aryl methyl sites for hydroxylation is 1. The molecule has 0 atom stereocenters. The van der Waals surface area contributed by atoms with Crippen LogP contribution in [0.1, 0.15) is 37.4 Å². The maximum absolute atomic E-state index is 11.8. The normalized spacial score (nSPS) is 11.8. The van der Waals surface area contributed by atoms with E-state index in [4.69, 9.17) is 9.68 Å². The third-order valence-corrected chi connectivity index (χ3v) is 4.08. The summed E-state index contributed by atoms with van der Waals surface area (Å²) in [7, 11) is 1.72. The van der Waals surface area contributed by atoms with Crippen LogP contribution in [0, 0.1) is 0 Å². The van der Waals surface area contributed by atoms with Crippen LogP contribution < -0.4 is 5.32 Å². The molecular formula is C20H22N8O3. The van der Waals surface area contributed by atoms with Crippen LogP contribution in [0.3, 0.4) is 0 Å².